The Labute approximate surface area is 129 Å². The fourth-order valence-corrected chi connectivity index (χ4v) is 1.78. The number of nitrogens with two attached hydrogens (primary N) is 1. The van der Waals surface area contributed by atoms with Crippen molar-refractivity contribution in [2.24, 2.45) is 0 Å². The fourth-order valence-electron chi connectivity index (χ4n) is 1.51. The van der Waals surface area contributed by atoms with Gasteiger partial charge < -0.3 is 10.5 Å². The molecule has 0 aliphatic carbocycles. The Bertz CT molecular complexity index is 751. The molecule has 0 amide bonds. The average Bonchev–Trinajstić information content (AvgIpc) is 2.44. The van der Waals surface area contributed by atoms with Crippen LogP contribution in [0.25, 0.3) is 5.69 Å². The maximum Gasteiger partial charge on any atom is 0.461 e. The molecule has 0 saturated heterocycles. The molecule has 0 fully saturated rings. The first-order valence-corrected chi connectivity index (χ1v) is 6.50. The second-order valence-corrected chi connectivity index (χ2v) is 4.89. The molecule has 0 saturated carbocycles. The molecule has 1 aromatic carbocycles. The molecule has 2 aromatic rings. The summed E-state index contributed by atoms with van der Waals surface area (Å²) < 4.78 is 54.9. The maximum atomic E-state index is 12.9. The Balaban J connectivity index is 2.42. The van der Waals surface area contributed by atoms with Gasteiger partial charge in [-0.15, -0.1) is 0 Å². The second-order valence-electron chi connectivity index (χ2n) is 4.09. The number of alkyl halides is 4. The molecule has 0 spiro atoms. The van der Waals surface area contributed by atoms with Gasteiger partial charge in [-0.1, -0.05) is 6.07 Å². The van der Waals surface area contributed by atoms with Crippen molar-refractivity contribution in [3.05, 3.63) is 45.3 Å². The van der Waals surface area contributed by atoms with Gasteiger partial charge in [-0.3, -0.25) is 4.79 Å². The van der Waals surface area contributed by atoms with Gasteiger partial charge in [0, 0.05) is 6.07 Å². The van der Waals surface area contributed by atoms with Gasteiger partial charge in [-0.05, 0) is 28.1 Å². The first-order chi connectivity index (χ1) is 10.2. The van der Waals surface area contributed by atoms with E-state index in [2.05, 4.69) is 25.8 Å². The van der Waals surface area contributed by atoms with E-state index in [4.69, 9.17) is 5.73 Å². The smallest absolute Gasteiger partial charge is 0.428 e. The van der Waals surface area contributed by atoms with Crippen LogP contribution in [-0.4, -0.2) is 22.3 Å². The molecule has 0 atom stereocenters. The van der Waals surface area contributed by atoms with Crippen LogP contribution in [0.1, 0.15) is 0 Å². The third kappa shape index (κ3) is 3.21. The summed E-state index contributed by atoms with van der Waals surface area (Å²) in [5, 5.41) is 3.74. The van der Waals surface area contributed by atoms with E-state index in [0.717, 1.165) is 16.8 Å². The van der Waals surface area contributed by atoms with Crippen LogP contribution < -0.4 is 16.0 Å². The number of hydrogen-bond donors (Lipinski definition) is 1. The first kappa shape index (κ1) is 16.3. The SMILES string of the molecule is Nc1cnn(-c2cccc(OC(F)(F)C(F)F)c2)c(=O)c1Br. The lowest BCUT2D eigenvalue weighted by atomic mass is 10.3. The monoisotopic (exact) mass is 381 g/mol. The van der Waals surface area contributed by atoms with E-state index in [1.54, 1.807) is 0 Å². The average molecular weight is 382 g/mol. The molecule has 0 unspecified atom stereocenters. The first-order valence-electron chi connectivity index (χ1n) is 5.71. The van der Waals surface area contributed by atoms with Crippen LogP contribution in [0.15, 0.2) is 39.7 Å². The number of benzene rings is 1. The summed E-state index contributed by atoms with van der Waals surface area (Å²) in [5.74, 6) is -0.538. The van der Waals surface area contributed by atoms with Gasteiger partial charge in [0.25, 0.3) is 5.56 Å². The Morgan fingerprint density at radius 3 is 2.68 bits per heavy atom. The number of ether oxygens (including phenoxy) is 1. The number of nitrogens with zero attached hydrogens (tertiary/aromatic N) is 2. The molecular formula is C12H8BrF4N3O2. The number of rotatable bonds is 4. The topological polar surface area (TPSA) is 70.1 Å². The lowest BCUT2D eigenvalue weighted by Gasteiger charge is -2.17. The van der Waals surface area contributed by atoms with Crippen LogP contribution in [0.3, 0.4) is 0 Å². The van der Waals surface area contributed by atoms with Crippen molar-refractivity contribution in [1.29, 1.82) is 0 Å². The summed E-state index contributed by atoms with van der Waals surface area (Å²) in [6.45, 7) is 0. The standard InChI is InChI=1S/C12H8BrF4N3O2/c13-9-8(18)5-19-20(10(9)21)6-2-1-3-7(4-6)22-12(16,17)11(14)15/h1-5,11H,18H2. The van der Waals surface area contributed by atoms with Crippen molar-refractivity contribution in [3.8, 4) is 11.4 Å². The minimum absolute atomic E-state index is 0.0340. The van der Waals surface area contributed by atoms with Gasteiger partial charge in [-0.25, -0.2) is 0 Å². The molecule has 1 heterocycles. The number of nitrogen functional groups attached to an aromatic ring is 1. The largest absolute Gasteiger partial charge is 0.461 e. The Morgan fingerprint density at radius 2 is 2.05 bits per heavy atom. The van der Waals surface area contributed by atoms with Crippen LogP contribution in [-0.2, 0) is 0 Å². The normalized spacial score (nSPS) is 11.7. The summed E-state index contributed by atoms with van der Waals surface area (Å²) in [7, 11) is 0. The van der Waals surface area contributed by atoms with E-state index >= 15 is 0 Å². The molecule has 0 aliphatic heterocycles. The summed E-state index contributed by atoms with van der Waals surface area (Å²) >= 11 is 2.96. The molecule has 1 aromatic heterocycles. The van der Waals surface area contributed by atoms with Crippen LogP contribution in [0.2, 0.25) is 0 Å². The molecule has 0 aliphatic rings. The van der Waals surface area contributed by atoms with Crippen molar-refractivity contribution in [2.75, 3.05) is 5.73 Å². The third-order valence-corrected chi connectivity index (χ3v) is 3.31. The van der Waals surface area contributed by atoms with Crippen LogP contribution in [0.4, 0.5) is 23.2 Å². The number of halogens is 5. The van der Waals surface area contributed by atoms with E-state index in [1.807, 2.05) is 0 Å². The fraction of sp³-hybridized carbons (Fsp3) is 0.167. The second kappa shape index (κ2) is 5.95. The number of anilines is 1. The Kier molecular flexibility index (Phi) is 4.40. The third-order valence-electron chi connectivity index (χ3n) is 2.52. The van der Waals surface area contributed by atoms with Crippen molar-refractivity contribution < 1.29 is 22.3 Å². The van der Waals surface area contributed by atoms with Crippen LogP contribution >= 0.6 is 15.9 Å². The minimum Gasteiger partial charge on any atom is -0.428 e. The highest BCUT2D eigenvalue weighted by Gasteiger charge is 2.44. The quantitative estimate of drug-likeness (QED) is 0.826. The van der Waals surface area contributed by atoms with Crippen molar-refractivity contribution in [3.63, 3.8) is 0 Å². The highest BCUT2D eigenvalue weighted by molar-refractivity contribution is 9.10. The van der Waals surface area contributed by atoms with Gasteiger partial charge in [0.05, 0.1) is 17.6 Å². The summed E-state index contributed by atoms with van der Waals surface area (Å²) in [4.78, 5) is 12.0. The molecule has 2 rings (SSSR count). The number of aromatic nitrogens is 2. The highest BCUT2D eigenvalue weighted by Crippen LogP contribution is 2.28. The van der Waals surface area contributed by atoms with Gasteiger partial charge >= 0.3 is 12.5 Å². The minimum atomic E-state index is -4.64. The highest BCUT2D eigenvalue weighted by atomic mass is 79.9. The number of hydrogen-bond acceptors (Lipinski definition) is 4. The van der Waals surface area contributed by atoms with Gasteiger partial charge in [0.2, 0.25) is 0 Å². The van der Waals surface area contributed by atoms with Gasteiger partial charge in [0.15, 0.2) is 0 Å². The summed E-state index contributed by atoms with van der Waals surface area (Å²) in [6.07, 6.45) is -7.45. The maximum absolute atomic E-state index is 12.9. The van der Waals surface area contributed by atoms with E-state index in [1.165, 1.54) is 18.3 Å². The molecule has 118 valence electrons. The Hall–Kier alpha value is -2.10. The molecule has 0 bridgehead atoms. The molecule has 10 heteroatoms. The predicted molar refractivity (Wildman–Crippen MR) is 73.5 cm³/mol. The van der Waals surface area contributed by atoms with E-state index < -0.39 is 23.8 Å². The van der Waals surface area contributed by atoms with Crippen molar-refractivity contribution >= 4 is 21.6 Å². The molecule has 22 heavy (non-hydrogen) atoms. The lowest BCUT2D eigenvalue weighted by Crippen LogP contribution is -2.33. The lowest BCUT2D eigenvalue weighted by molar-refractivity contribution is -0.253. The molecular weight excluding hydrogens is 374 g/mol. The summed E-state index contributed by atoms with van der Waals surface area (Å²) in [5.41, 5.74) is 4.99. The summed E-state index contributed by atoms with van der Waals surface area (Å²) in [6, 6.07) is 4.65. The van der Waals surface area contributed by atoms with Crippen molar-refractivity contribution in [1.82, 2.24) is 9.78 Å². The predicted octanol–water partition coefficient (Wildman–Crippen LogP) is 2.81. The molecule has 2 N–H and O–H groups in total. The van der Waals surface area contributed by atoms with E-state index in [0.29, 0.717) is 0 Å². The van der Waals surface area contributed by atoms with Crippen LogP contribution in [0, 0.1) is 0 Å². The van der Waals surface area contributed by atoms with Gasteiger partial charge in [-0.2, -0.15) is 27.3 Å². The van der Waals surface area contributed by atoms with E-state index in [-0.39, 0.29) is 15.8 Å². The van der Waals surface area contributed by atoms with Gasteiger partial charge in [0.1, 0.15) is 10.2 Å². The molecule has 5 nitrogen and oxygen atoms in total. The zero-order valence-corrected chi connectivity index (χ0v) is 12.2. The van der Waals surface area contributed by atoms with E-state index in [9.17, 15) is 22.4 Å². The van der Waals surface area contributed by atoms with Crippen LogP contribution in [0.5, 0.6) is 5.75 Å². The van der Waals surface area contributed by atoms with Crippen molar-refractivity contribution in [2.45, 2.75) is 12.5 Å². The zero-order chi connectivity index (χ0) is 16.5. The zero-order valence-electron chi connectivity index (χ0n) is 10.6. The Morgan fingerprint density at radius 1 is 1.36 bits per heavy atom. The molecule has 0 radical (unpaired) electrons.